The van der Waals surface area contributed by atoms with Crippen LogP contribution in [-0.2, 0) is 0 Å². The molecule has 15 heavy (non-hydrogen) atoms. The van der Waals surface area contributed by atoms with E-state index in [1.165, 1.54) is 0 Å². The van der Waals surface area contributed by atoms with Crippen LogP contribution in [0.15, 0.2) is 43.0 Å². The number of nitrogen functional groups attached to an aromatic ring is 1. The first-order valence-corrected chi connectivity index (χ1v) is 4.70. The number of para-hydroxylation sites is 1. The monoisotopic (exact) mass is 200 g/mol. The Morgan fingerprint density at radius 3 is 3.00 bits per heavy atom. The van der Waals surface area contributed by atoms with Gasteiger partial charge in [0.1, 0.15) is 18.2 Å². The highest BCUT2D eigenvalue weighted by atomic mass is 16.5. The fraction of sp³-hybridized carbons (Fsp3) is 0.0833. The number of pyridine rings is 1. The second-order valence-electron chi connectivity index (χ2n) is 3.16. The molecule has 0 amide bonds. The van der Waals surface area contributed by atoms with E-state index in [0.717, 1.165) is 16.7 Å². The first-order valence-electron chi connectivity index (χ1n) is 4.70. The van der Waals surface area contributed by atoms with Gasteiger partial charge in [0.05, 0.1) is 5.52 Å². The molecule has 1 aromatic carbocycles. The van der Waals surface area contributed by atoms with Gasteiger partial charge in [0.15, 0.2) is 0 Å². The predicted octanol–water partition coefficient (Wildman–Crippen LogP) is 2.38. The third kappa shape index (κ3) is 1.91. The van der Waals surface area contributed by atoms with Crippen LogP contribution >= 0.6 is 0 Å². The lowest BCUT2D eigenvalue weighted by molar-refractivity contribution is 0.367. The minimum absolute atomic E-state index is 0.466. The van der Waals surface area contributed by atoms with Crippen LogP contribution < -0.4 is 10.5 Å². The van der Waals surface area contributed by atoms with Crippen molar-refractivity contribution in [2.24, 2.45) is 0 Å². The standard InChI is InChI=1S/C12H12N2O/c1-2-7-15-11-8-12(13)14-10-6-4-3-5-9(10)11/h2-6,8H,1,7H2,(H2,13,14). The van der Waals surface area contributed by atoms with E-state index in [4.69, 9.17) is 10.5 Å². The molecular weight excluding hydrogens is 188 g/mol. The highest BCUT2D eigenvalue weighted by Gasteiger charge is 2.03. The minimum Gasteiger partial charge on any atom is -0.489 e. The maximum absolute atomic E-state index is 5.68. The SMILES string of the molecule is C=CCOc1cc(N)nc2ccccc12. The second-order valence-corrected chi connectivity index (χ2v) is 3.16. The number of benzene rings is 1. The van der Waals surface area contributed by atoms with E-state index in [9.17, 15) is 0 Å². The number of anilines is 1. The molecule has 2 N–H and O–H groups in total. The Balaban J connectivity index is 2.55. The maximum atomic E-state index is 5.68. The Kier molecular flexibility index (Phi) is 2.54. The summed E-state index contributed by atoms with van der Waals surface area (Å²) in [6, 6.07) is 9.46. The number of rotatable bonds is 3. The zero-order valence-corrected chi connectivity index (χ0v) is 8.31. The van der Waals surface area contributed by atoms with Crippen LogP contribution in [0.1, 0.15) is 0 Å². The molecule has 0 bridgehead atoms. The number of hydrogen-bond acceptors (Lipinski definition) is 3. The Hall–Kier alpha value is -2.03. The molecule has 0 aliphatic rings. The molecular formula is C12H12N2O. The summed E-state index contributed by atoms with van der Waals surface area (Å²) in [6.45, 7) is 4.07. The molecule has 0 saturated heterocycles. The summed E-state index contributed by atoms with van der Waals surface area (Å²) in [4.78, 5) is 4.22. The second kappa shape index (κ2) is 4.00. The smallest absolute Gasteiger partial charge is 0.132 e. The van der Waals surface area contributed by atoms with Crippen LogP contribution in [0.3, 0.4) is 0 Å². The number of hydrogen-bond donors (Lipinski definition) is 1. The van der Waals surface area contributed by atoms with Crippen molar-refractivity contribution in [3.63, 3.8) is 0 Å². The molecule has 0 aliphatic carbocycles. The predicted molar refractivity (Wildman–Crippen MR) is 61.8 cm³/mol. The average molecular weight is 200 g/mol. The normalized spacial score (nSPS) is 10.1. The van der Waals surface area contributed by atoms with E-state index in [2.05, 4.69) is 11.6 Å². The van der Waals surface area contributed by atoms with Crippen molar-refractivity contribution in [2.45, 2.75) is 0 Å². The molecule has 0 atom stereocenters. The van der Waals surface area contributed by atoms with Crippen LogP contribution in [0.2, 0.25) is 0 Å². The highest BCUT2D eigenvalue weighted by molar-refractivity contribution is 5.86. The van der Waals surface area contributed by atoms with Crippen LogP contribution in [0.25, 0.3) is 10.9 Å². The molecule has 3 nitrogen and oxygen atoms in total. The number of fused-ring (bicyclic) bond motifs is 1. The number of nitrogens with two attached hydrogens (primary N) is 1. The zero-order chi connectivity index (χ0) is 10.7. The van der Waals surface area contributed by atoms with Gasteiger partial charge >= 0.3 is 0 Å². The van der Waals surface area contributed by atoms with Crippen molar-refractivity contribution < 1.29 is 4.74 Å². The molecule has 0 aliphatic heterocycles. The summed E-state index contributed by atoms with van der Waals surface area (Å²) in [5.74, 6) is 1.21. The quantitative estimate of drug-likeness (QED) is 0.774. The first-order chi connectivity index (χ1) is 7.31. The third-order valence-corrected chi connectivity index (χ3v) is 2.05. The largest absolute Gasteiger partial charge is 0.489 e. The minimum atomic E-state index is 0.466. The summed E-state index contributed by atoms with van der Waals surface area (Å²) in [5, 5.41) is 0.966. The Bertz CT molecular complexity index is 494. The van der Waals surface area contributed by atoms with Crippen LogP contribution in [-0.4, -0.2) is 11.6 Å². The van der Waals surface area contributed by atoms with Crippen LogP contribution in [0, 0.1) is 0 Å². The van der Waals surface area contributed by atoms with Crippen molar-refractivity contribution in [2.75, 3.05) is 12.3 Å². The molecule has 0 radical (unpaired) electrons. The topological polar surface area (TPSA) is 48.1 Å². The van der Waals surface area contributed by atoms with Gasteiger partial charge in [0.25, 0.3) is 0 Å². The molecule has 1 aromatic heterocycles. The Morgan fingerprint density at radius 2 is 2.20 bits per heavy atom. The summed E-state index contributed by atoms with van der Waals surface area (Å²) in [6.07, 6.45) is 1.70. The van der Waals surface area contributed by atoms with Gasteiger partial charge in [-0.3, -0.25) is 0 Å². The molecule has 2 aromatic rings. The summed E-state index contributed by atoms with van der Waals surface area (Å²) < 4.78 is 5.51. The molecule has 0 saturated carbocycles. The summed E-state index contributed by atoms with van der Waals surface area (Å²) >= 11 is 0. The van der Waals surface area contributed by atoms with Gasteiger partial charge in [-0.05, 0) is 12.1 Å². The summed E-state index contributed by atoms with van der Waals surface area (Å²) in [7, 11) is 0. The van der Waals surface area contributed by atoms with Crippen molar-refractivity contribution in [3.8, 4) is 5.75 Å². The fourth-order valence-electron chi connectivity index (χ4n) is 1.43. The number of ether oxygens (including phenoxy) is 1. The van der Waals surface area contributed by atoms with Gasteiger partial charge in [-0.25, -0.2) is 4.98 Å². The Morgan fingerprint density at radius 1 is 1.40 bits per heavy atom. The van der Waals surface area contributed by atoms with E-state index >= 15 is 0 Å². The first kappa shape index (κ1) is 9.52. The maximum Gasteiger partial charge on any atom is 0.132 e. The lowest BCUT2D eigenvalue weighted by atomic mass is 10.2. The van der Waals surface area contributed by atoms with Gasteiger partial charge in [-0.1, -0.05) is 24.8 Å². The van der Waals surface area contributed by atoms with E-state index in [1.807, 2.05) is 24.3 Å². The molecule has 1 heterocycles. The van der Waals surface area contributed by atoms with E-state index < -0.39 is 0 Å². The van der Waals surface area contributed by atoms with Crippen LogP contribution in [0.4, 0.5) is 5.82 Å². The van der Waals surface area contributed by atoms with Gasteiger partial charge in [-0.15, -0.1) is 0 Å². The van der Waals surface area contributed by atoms with E-state index in [0.29, 0.717) is 12.4 Å². The van der Waals surface area contributed by atoms with Crippen molar-refractivity contribution in [1.29, 1.82) is 0 Å². The van der Waals surface area contributed by atoms with E-state index in [1.54, 1.807) is 12.1 Å². The fourth-order valence-corrected chi connectivity index (χ4v) is 1.43. The van der Waals surface area contributed by atoms with Gasteiger partial charge in [-0.2, -0.15) is 0 Å². The van der Waals surface area contributed by atoms with Crippen LogP contribution in [0.5, 0.6) is 5.75 Å². The molecule has 0 spiro atoms. The van der Waals surface area contributed by atoms with Gasteiger partial charge < -0.3 is 10.5 Å². The van der Waals surface area contributed by atoms with Crippen molar-refractivity contribution >= 4 is 16.7 Å². The Labute approximate surface area is 88.2 Å². The summed E-state index contributed by atoms with van der Waals surface area (Å²) in [5.41, 5.74) is 6.52. The molecule has 76 valence electrons. The number of aromatic nitrogens is 1. The molecule has 2 rings (SSSR count). The molecule has 0 unspecified atom stereocenters. The lowest BCUT2D eigenvalue weighted by Gasteiger charge is -2.07. The van der Waals surface area contributed by atoms with Gasteiger partial charge in [0.2, 0.25) is 0 Å². The molecule has 3 heteroatoms. The highest BCUT2D eigenvalue weighted by Crippen LogP contribution is 2.26. The van der Waals surface area contributed by atoms with Crippen molar-refractivity contribution in [1.82, 2.24) is 4.98 Å². The van der Waals surface area contributed by atoms with Gasteiger partial charge in [0, 0.05) is 11.5 Å². The zero-order valence-electron chi connectivity index (χ0n) is 8.31. The molecule has 0 fully saturated rings. The average Bonchev–Trinajstić information content (AvgIpc) is 2.25. The number of nitrogens with zero attached hydrogens (tertiary/aromatic N) is 1. The lowest BCUT2D eigenvalue weighted by Crippen LogP contribution is -1.97. The van der Waals surface area contributed by atoms with Crippen molar-refractivity contribution in [3.05, 3.63) is 43.0 Å². The van der Waals surface area contributed by atoms with E-state index in [-0.39, 0.29) is 0 Å². The third-order valence-electron chi connectivity index (χ3n) is 2.05.